The molecule has 0 spiro atoms. The van der Waals surface area contributed by atoms with Gasteiger partial charge in [0.25, 0.3) is 10.1 Å². The fourth-order valence-electron chi connectivity index (χ4n) is 3.61. The van der Waals surface area contributed by atoms with Crippen LogP contribution >= 0.6 is 0 Å². The molecule has 0 radical (unpaired) electrons. The molecule has 1 aliphatic rings. The number of aromatic nitrogens is 2. The quantitative estimate of drug-likeness (QED) is 0.744. The highest BCUT2D eigenvalue weighted by Crippen LogP contribution is 2.38. The average Bonchev–Trinajstić information content (AvgIpc) is 2.92. The molecule has 1 aromatic rings. The van der Waals surface area contributed by atoms with Gasteiger partial charge in [0.05, 0.1) is 25.6 Å². The summed E-state index contributed by atoms with van der Waals surface area (Å²) < 4.78 is 28.4. The summed E-state index contributed by atoms with van der Waals surface area (Å²) in [6.07, 6.45) is 5.75. The van der Waals surface area contributed by atoms with Gasteiger partial charge < -0.3 is 5.32 Å². The van der Waals surface area contributed by atoms with Crippen molar-refractivity contribution in [1.82, 2.24) is 9.78 Å². The first-order chi connectivity index (χ1) is 11.7. The van der Waals surface area contributed by atoms with Crippen molar-refractivity contribution in [1.29, 1.82) is 0 Å². The molecule has 0 bridgehead atoms. The van der Waals surface area contributed by atoms with Crippen LogP contribution in [0.15, 0.2) is 12.3 Å². The van der Waals surface area contributed by atoms with E-state index in [-0.39, 0.29) is 25.0 Å². The van der Waals surface area contributed by atoms with Crippen molar-refractivity contribution < 1.29 is 17.4 Å². The highest BCUT2D eigenvalue weighted by molar-refractivity contribution is 7.85. The third-order valence-corrected chi connectivity index (χ3v) is 5.52. The molecule has 1 aliphatic carbocycles. The molecule has 8 heteroatoms. The van der Waals surface area contributed by atoms with Gasteiger partial charge in [0.1, 0.15) is 5.82 Å². The topological polar surface area (TPSA) is 90.3 Å². The van der Waals surface area contributed by atoms with E-state index in [9.17, 15) is 13.2 Å². The van der Waals surface area contributed by atoms with E-state index in [4.69, 9.17) is 4.18 Å². The van der Waals surface area contributed by atoms with Gasteiger partial charge in [-0.05, 0) is 30.6 Å². The SMILES string of the molecule is CC(C)[C@@H]1CC[C@@H](C)C[C@H]1C(=O)Nc1ccnn1CCOS(C)(=O)=O. The van der Waals surface area contributed by atoms with Gasteiger partial charge >= 0.3 is 0 Å². The minimum Gasteiger partial charge on any atom is -0.311 e. The first-order valence-electron chi connectivity index (χ1n) is 8.84. The van der Waals surface area contributed by atoms with Crippen LogP contribution in [0.4, 0.5) is 5.82 Å². The number of anilines is 1. The van der Waals surface area contributed by atoms with Crippen LogP contribution < -0.4 is 5.32 Å². The van der Waals surface area contributed by atoms with Gasteiger partial charge in [0.15, 0.2) is 0 Å². The Balaban J connectivity index is 2.01. The molecule has 3 atom stereocenters. The Morgan fingerprint density at radius 2 is 2.16 bits per heavy atom. The summed E-state index contributed by atoms with van der Waals surface area (Å²) in [6, 6.07) is 1.72. The van der Waals surface area contributed by atoms with Gasteiger partial charge in [-0.3, -0.25) is 8.98 Å². The normalized spacial score (nSPS) is 24.4. The lowest BCUT2D eigenvalue weighted by molar-refractivity contribution is -0.124. The fraction of sp³-hybridized carbons (Fsp3) is 0.765. The van der Waals surface area contributed by atoms with E-state index < -0.39 is 10.1 Å². The van der Waals surface area contributed by atoms with Crippen LogP contribution in [0.25, 0.3) is 0 Å². The average molecular weight is 372 g/mol. The summed E-state index contributed by atoms with van der Waals surface area (Å²) in [5.74, 6) is 2.01. The van der Waals surface area contributed by atoms with Crippen molar-refractivity contribution in [3.63, 3.8) is 0 Å². The number of hydrogen-bond acceptors (Lipinski definition) is 5. The molecule has 1 heterocycles. The molecule has 1 amide bonds. The second-order valence-electron chi connectivity index (χ2n) is 7.39. The van der Waals surface area contributed by atoms with Crippen molar-refractivity contribution in [2.45, 2.75) is 46.6 Å². The minimum atomic E-state index is -3.48. The van der Waals surface area contributed by atoms with E-state index >= 15 is 0 Å². The highest BCUT2D eigenvalue weighted by Gasteiger charge is 2.35. The number of nitrogens with one attached hydrogen (secondary N) is 1. The maximum Gasteiger partial charge on any atom is 0.264 e. The fourth-order valence-corrected chi connectivity index (χ4v) is 3.99. The molecule has 1 N–H and O–H groups in total. The molecule has 1 fully saturated rings. The van der Waals surface area contributed by atoms with Gasteiger partial charge in [-0.2, -0.15) is 13.5 Å². The van der Waals surface area contributed by atoms with Crippen molar-refractivity contribution in [3.8, 4) is 0 Å². The van der Waals surface area contributed by atoms with Crippen LogP contribution in [-0.4, -0.2) is 37.0 Å². The van der Waals surface area contributed by atoms with Gasteiger partial charge in [-0.1, -0.05) is 27.2 Å². The largest absolute Gasteiger partial charge is 0.311 e. The third kappa shape index (κ3) is 5.81. The molecule has 1 saturated carbocycles. The smallest absolute Gasteiger partial charge is 0.264 e. The number of hydrogen-bond donors (Lipinski definition) is 1. The zero-order valence-corrected chi connectivity index (χ0v) is 16.3. The van der Waals surface area contributed by atoms with Gasteiger partial charge in [0, 0.05) is 12.0 Å². The monoisotopic (exact) mass is 371 g/mol. The number of rotatable bonds is 7. The van der Waals surface area contributed by atoms with Crippen LogP contribution in [0.5, 0.6) is 0 Å². The summed E-state index contributed by atoms with van der Waals surface area (Å²) in [5, 5.41) is 7.10. The molecule has 1 aromatic heterocycles. The zero-order valence-electron chi connectivity index (χ0n) is 15.4. The summed E-state index contributed by atoms with van der Waals surface area (Å²) >= 11 is 0. The highest BCUT2D eigenvalue weighted by atomic mass is 32.2. The lowest BCUT2D eigenvalue weighted by atomic mass is 9.70. The predicted octanol–water partition coefficient (Wildman–Crippen LogP) is 2.51. The van der Waals surface area contributed by atoms with Crippen molar-refractivity contribution in [2.24, 2.45) is 23.7 Å². The van der Waals surface area contributed by atoms with Crippen LogP contribution in [-0.2, 0) is 25.6 Å². The molecule has 0 aromatic carbocycles. The molecular formula is C17H29N3O4S. The Hall–Kier alpha value is -1.41. The summed E-state index contributed by atoms with van der Waals surface area (Å²) in [6.45, 7) is 6.79. The molecule has 25 heavy (non-hydrogen) atoms. The molecule has 0 aliphatic heterocycles. The Morgan fingerprint density at radius 3 is 2.80 bits per heavy atom. The third-order valence-electron chi connectivity index (χ3n) is 4.93. The Morgan fingerprint density at radius 1 is 1.44 bits per heavy atom. The van der Waals surface area contributed by atoms with E-state index in [2.05, 4.69) is 31.2 Å². The Labute approximate surface area is 150 Å². The van der Waals surface area contributed by atoms with Crippen molar-refractivity contribution in [3.05, 3.63) is 12.3 Å². The van der Waals surface area contributed by atoms with Crippen LogP contribution in [0.3, 0.4) is 0 Å². The second-order valence-corrected chi connectivity index (χ2v) is 9.03. The molecule has 142 valence electrons. The minimum absolute atomic E-state index is 0.000584. The van der Waals surface area contributed by atoms with E-state index in [1.54, 1.807) is 16.9 Å². The van der Waals surface area contributed by atoms with E-state index in [1.807, 2.05) is 0 Å². The number of nitrogens with zero attached hydrogens (tertiary/aromatic N) is 2. The lowest BCUT2D eigenvalue weighted by Gasteiger charge is -2.36. The number of carbonyl (C=O) groups excluding carboxylic acids is 1. The Bertz CT molecular complexity index is 684. The standard InChI is InChI=1S/C17H29N3O4S/c1-12(2)14-6-5-13(3)11-15(14)17(21)19-16-7-8-18-20(16)9-10-24-25(4,22)23/h7-8,12-15H,5-6,9-11H2,1-4H3,(H,19,21)/t13-,14+,15-/m1/s1. The van der Waals surface area contributed by atoms with Gasteiger partial charge in [-0.25, -0.2) is 4.68 Å². The number of amides is 1. The van der Waals surface area contributed by atoms with Crippen LogP contribution in [0, 0.1) is 23.7 Å². The first kappa shape index (κ1) is 19.9. The van der Waals surface area contributed by atoms with Crippen molar-refractivity contribution >= 4 is 21.8 Å². The summed E-state index contributed by atoms with van der Waals surface area (Å²) in [4.78, 5) is 12.8. The van der Waals surface area contributed by atoms with E-state index in [1.165, 1.54) is 6.42 Å². The van der Waals surface area contributed by atoms with E-state index in [0.29, 0.717) is 23.6 Å². The maximum atomic E-state index is 12.8. The molecule has 0 saturated heterocycles. The van der Waals surface area contributed by atoms with E-state index in [0.717, 1.165) is 19.1 Å². The van der Waals surface area contributed by atoms with Gasteiger partial charge in [0.2, 0.25) is 5.91 Å². The van der Waals surface area contributed by atoms with Crippen LogP contribution in [0.2, 0.25) is 0 Å². The van der Waals surface area contributed by atoms with Crippen LogP contribution in [0.1, 0.15) is 40.0 Å². The predicted molar refractivity (Wildman–Crippen MR) is 96.5 cm³/mol. The summed E-state index contributed by atoms with van der Waals surface area (Å²) in [5.41, 5.74) is 0. The lowest BCUT2D eigenvalue weighted by Crippen LogP contribution is -2.37. The maximum absolute atomic E-state index is 12.8. The molecule has 2 rings (SSSR count). The second kappa shape index (κ2) is 8.31. The molecule has 0 unspecified atom stereocenters. The van der Waals surface area contributed by atoms with Gasteiger partial charge in [-0.15, -0.1) is 0 Å². The Kier molecular flexibility index (Phi) is 6.62. The molecule has 7 nitrogen and oxygen atoms in total. The number of carbonyl (C=O) groups is 1. The zero-order chi connectivity index (χ0) is 18.6. The first-order valence-corrected chi connectivity index (χ1v) is 10.7. The molecular weight excluding hydrogens is 342 g/mol. The summed E-state index contributed by atoms with van der Waals surface area (Å²) in [7, 11) is -3.48. The van der Waals surface area contributed by atoms with Crippen molar-refractivity contribution in [2.75, 3.05) is 18.2 Å².